The summed E-state index contributed by atoms with van der Waals surface area (Å²) in [5.74, 6) is 1.54. The topological polar surface area (TPSA) is 29.5 Å². The van der Waals surface area contributed by atoms with Gasteiger partial charge in [0.15, 0.2) is 0 Å². The molecule has 1 atom stereocenters. The summed E-state index contributed by atoms with van der Waals surface area (Å²) in [6, 6.07) is 14.3. The molecule has 106 valence electrons. The van der Waals surface area contributed by atoms with Gasteiger partial charge in [0.05, 0.1) is 6.10 Å². The quantitative estimate of drug-likeness (QED) is 0.884. The van der Waals surface area contributed by atoms with E-state index in [4.69, 9.17) is 4.74 Å². The first-order valence-corrected chi connectivity index (χ1v) is 7.61. The first-order valence-electron chi connectivity index (χ1n) is 7.61. The lowest BCUT2D eigenvalue weighted by Gasteiger charge is -2.16. The molecule has 1 aliphatic rings. The molecule has 0 heterocycles. The number of fused-ring (bicyclic) bond motifs is 1. The minimum Gasteiger partial charge on any atom is -0.491 e. The highest BCUT2D eigenvalue weighted by Crippen LogP contribution is 2.29. The molecule has 0 aromatic heterocycles. The number of rotatable bonds is 5. The molecule has 2 heteroatoms. The fourth-order valence-corrected chi connectivity index (χ4v) is 3.15. The molecule has 1 unspecified atom stereocenters. The molecule has 0 radical (unpaired) electrons. The Labute approximate surface area is 120 Å². The first-order chi connectivity index (χ1) is 9.81. The molecule has 2 aromatic carbocycles. The van der Waals surface area contributed by atoms with E-state index in [1.807, 2.05) is 24.3 Å². The Morgan fingerprint density at radius 2 is 1.80 bits per heavy atom. The highest BCUT2D eigenvalue weighted by atomic mass is 16.5. The van der Waals surface area contributed by atoms with Gasteiger partial charge in [0.25, 0.3) is 0 Å². The van der Waals surface area contributed by atoms with Gasteiger partial charge in [0.1, 0.15) is 12.4 Å². The second-order valence-electron chi connectivity index (χ2n) is 5.86. The third-order valence-electron chi connectivity index (χ3n) is 4.24. The van der Waals surface area contributed by atoms with Crippen LogP contribution in [0.4, 0.5) is 0 Å². The van der Waals surface area contributed by atoms with Crippen LogP contribution in [0.3, 0.4) is 0 Å². The third-order valence-corrected chi connectivity index (χ3v) is 4.24. The van der Waals surface area contributed by atoms with Crippen molar-refractivity contribution < 1.29 is 9.84 Å². The second-order valence-corrected chi connectivity index (χ2v) is 5.86. The summed E-state index contributed by atoms with van der Waals surface area (Å²) < 4.78 is 5.74. The lowest BCUT2D eigenvalue weighted by molar-refractivity contribution is 0.0856. The minimum atomic E-state index is -0.343. The average Bonchev–Trinajstić information content (AvgIpc) is 2.98. The molecule has 20 heavy (non-hydrogen) atoms. The molecule has 0 saturated heterocycles. The summed E-state index contributed by atoms with van der Waals surface area (Å²) >= 11 is 0. The zero-order chi connectivity index (χ0) is 13.8. The molecule has 1 saturated carbocycles. The number of aliphatic hydroxyl groups is 1. The lowest BCUT2D eigenvalue weighted by atomic mass is 10.0. The maximum atomic E-state index is 10.1. The Kier molecular flexibility index (Phi) is 4.22. The average molecular weight is 270 g/mol. The van der Waals surface area contributed by atoms with E-state index in [0.29, 0.717) is 12.5 Å². The molecule has 0 spiro atoms. The predicted molar refractivity (Wildman–Crippen MR) is 82.0 cm³/mol. The van der Waals surface area contributed by atoms with Crippen LogP contribution in [0.1, 0.15) is 32.1 Å². The van der Waals surface area contributed by atoms with Crippen LogP contribution in [0.25, 0.3) is 10.8 Å². The van der Waals surface area contributed by atoms with Crippen molar-refractivity contribution >= 4 is 10.8 Å². The standard InChI is InChI=1S/C18H22O2/c19-17(11-14-5-1-2-6-14)13-20-18-10-9-15-7-3-4-8-16(15)12-18/h3-4,7-10,12,14,17,19H,1-2,5-6,11,13H2. The van der Waals surface area contributed by atoms with Crippen molar-refractivity contribution in [2.45, 2.75) is 38.2 Å². The van der Waals surface area contributed by atoms with Gasteiger partial charge in [0, 0.05) is 0 Å². The van der Waals surface area contributed by atoms with Crippen molar-refractivity contribution in [2.75, 3.05) is 6.61 Å². The van der Waals surface area contributed by atoms with E-state index in [9.17, 15) is 5.11 Å². The number of aliphatic hydroxyl groups excluding tert-OH is 1. The fraction of sp³-hybridized carbons (Fsp3) is 0.444. The molecule has 0 bridgehead atoms. The van der Waals surface area contributed by atoms with Gasteiger partial charge >= 0.3 is 0 Å². The van der Waals surface area contributed by atoms with Gasteiger partial charge in [0.2, 0.25) is 0 Å². The highest BCUT2D eigenvalue weighted by molar-refractivity contribution is 5.83. The Bertz CT molecular complexity index is 558. The summed E-state index contributed by atoms with van der Waals surface area (Å²) in [5.41, 5.74) is 0. The largest absolute Gasteiger partial charge is 0.491 e. The normalized spacial score (nSPS) is 17.4. The van der Waals surface area contributed by atoms with Crippen molar-refractivity contribution in [2.24, 2.45) is 5.92 Å². The Morgan fingerprint density at radius 1 is 1.05 bits per heavy atom. The first kappa shape index (κ1) is 13.4. The summed E-state index contributed by atoms with van der Waals surface area (Å²) in [4.78, 5) is 0. The van der Waals surface area contributed by atoms with Crippen LogP contribution in [-0.2, 0) is 0 Å². The van der Waals surface area contributed by atoms with Crippen molar-refractivity contribution in [1.82, 2.24) is 0 Å². The zero-order valence-electron chi connectivity index (χ0n) is 11.8. The Morgan fingerprint density at radius 3 is 2.60 bits per heavy atom. The van der Waals surface area contributed by atoms with Gasteiger partial charge in [-0.2, -0.15) is 0 Å². The summed E-state index contributed by atoms with van der Waals surface area (Å²) in [5, 5.41) is 12.4. The highest BCUT2D eigenvalue weighted by Gasteiger charge is 2.19. The molecule has 3 rings (SSSR count). The van der Waals surface area contributed by atoms with Crippen molar-refractivity contribution in [3.05, 3.63) is 42.5 Å². The molecule has 1 N–H and O–H groups in total. The maximum absolute atomic E-state index is 10.1. The van der Waals surface area contributed by atoms with Gasteiger partial charge in [-0.15, -0.1) is 0 Å². The third kappa shape index (κ3) is 3.31. The van der Waals surface area contributed by atoms with Crippen LogP contribution in [-0.4, -0.2) is 17.8 Å². The molecule has 0 aliphatic heterocycles. The smallest absolute Gasteiger partial charge is 0.120 e. The van der Waals surface area contributed by atoms with E-state index >= 15 is 0 Å². The summed E-state index contributed by atoms with van der Waals surface area (Å²) in [7, 11) is 0. The Balaban J connectivity index is 1.56. The summed E-state index contributed by atoms with van der Waals surface area (Å²) in [6.45, 7) is 0.398. The van der Waals surface area contributed by atoms with Crippen LogP contribution in [0.15, 0.2) is 42.5 Å². The van der Waals surface area contributed by atoms with E-state index in [-0.39, 0.29) is 6.10 Å². The van der Waals surface area contributed by atoms with Crippen LogP contribution in [0.5, 0.6) is 5.75 Å². The number of benzene rings is 2. The molecule has 2 aromatic rings. The molecule has 2 nitrogen and oxygen atoms in total. The predicted octanol–water partition coefficient (Wildman–Crippen LogP) is 4.16. The second kappa shape index (κ2) is 6.27. The van der Waals surface area contributed by atoms with Crippen LogP contribution < -0.4 is 4.74 Å². The van der Waals surface area contributed by atoms with Crippen LogP contribution in [0.2, 0.25) is 0 Å². The lowest BCUT2D eigenvalue weighted by Crippen LogP contribution is -2.20. The molecule has 0 amide bonds. The molecular formula is C18H22O2. The van der Waals surface area contributed by atoms with Crippen LogP contribution >= 0.6 is 0 Å². The SMILES string of the molecule is OC(COc1ccc2ccccc2c1)CC1CCCC1. The maximum Gasteiger partial charge on any atom is 0.120 e. The van der Waals surface area contributed by atoms with Gasteiger partial charge < -0.3 is 9.84 Å². The van der Waals surface area contributed by atoms with Gasteiger partial charge in [-0.1, -0.05) is 56.0 Å². The number of hydrogen-bond acceptors (Lipinski definition) is 2. The number of ether oxygens (including phenoxy) is 1. The zero-order valence-corrected chi connectivity index (χ0v) is 11.8. The van der Waals surface area contributed by atoms with Gasteiger partial charge in [-0.25, -0.2) is 0 Å². The van der Waals surface area contributed by atoms with Gasteiger partial charge in [-0.3, -0.25) is 0 Å². The molecule has 1 fully saturated rings. The monoisotopic (exact) mass is 270 g/mol. The van der Waals surface area contributed by atoms with E-state index in [1.165, 1.54) is 36.5 Å². The van der Waals surface area contributed by atoms with E-state index in [2.05, 4.69) is 18.2 Å². The Hall–Kier alpha value is -1.54. The van der Waals surface area contributed by atoms with Gasteiger partial charge in [-0.05, 0) is 35.2 Å². The van der Waals surface area contributed by atoms with E-state index in [0.717, 1.165) is 12.2 Å². The van der Waals surface area contributed by atoms with E-state index in [1.54, 1.807) is 0 Å². The summed E-state index contributed by atoms with van der Waals surface area (Å²) in [6.07, 6.45) is 5.73. The number of hydrogen-bond donors (Lipinski definition) is 1. The van der Waals surface area contributed by atoms with Crippen molar-refractivity contribution in [3.8, 4) is 5.75 Å². The molecular weight excluding hydrogens is 248 g/mol. The minimum absolute atomic E-state index is 0.343. The van der Waals surface area contributed by atoms with Crippen molar-refractivity contribution in [3.63, 3.8) is 0 Å². The fourth-order valence-electron chi connectivity index (χ4n) is 3.15. The van der Waals surface area contributed by atoms with Crippen molar-refractivity contribution in [1.29, 1.82) is 0 Å². The van der Waals surface area contributed by atoms with E-state index < -0.39 is 0 Å². The molecule has 1 aliphatic carbocycles. The van der Waals surface area contributed by atoms with Crippen LogP contribution in [0, 0.1) is 5.92 Å².